The van der Waals surface area contributed by atoms with Crippen LogP contribution in [0, 0.1) is 0 Å². The van der Waals surface area contributed by atoms with Crippen molar-refractivity contribution in [1.29, 1.82) is 0 Å². The van der Waals surface area contributed by atoms with E-state index < -0.39 is 12.0 Å². The standard InChI is InChI=1S/C17H21N3O4/c1-3-18-13-6-4-5-7-14(13)19(17(18)24)10-15(21)20(12-8-9-12)11(2)16(22)23/h4-7,11-12H,3,8-10H2,1-2H3,(H,22,23). The van der Waals surface area contributed by atoms with E-state index in [4.69, 9.17) is 0 Å². The van der Waals surface area contributed by atoms with E-state index in [0.29, 0.717) is 12.1 Å². The van der Waals surface area contributed by atoms with E-state index in [1.807, 2.05) is 25.1 Å². The van der Waals surface area contributed by atoms with E-state index in [1.54, 1.807) is 10.6 Å². The number of benzene rings is 1. The highest BCUT2D eigenvalue weighted by atomic mass is 16.4. The van der Waals surface area contributed by atoms with Crippen molar-refractivity contribution in [2.75, 3.05) is 0 Å². The Morgan fingerprint density at radius 2 is 1.83 bits per heavy atom. The normalized spacial score (nSPS) is 15.4. The Balaban J connectivity index is 1.97. The number of carboxylic acid groups (broad SMARTS) is 1. The van der Waals surface area contributed by atoms with Crippen molar-refractivity contribution in [1.82, 2.24) is 14.0 Å². The highest BCUT2D eigenvalue weighted by Crippen LogP contribution is 2.29. The average Bonchev–Trinajstić information content (AvgIpc) is 3.34. The second-order valence-corrected chi connectivity index (χ2v) is 6.15. The zero-order valence-electron chi connectivity index (χ0n) is 13.8. The monoisotopic (exact) mass is 331 g/mol. The van der Waals surface area contributed by atoms with Gasteiger partial charge in [0, 0.05) is 12.6 Å². The number of nitrogens with zero attached hydrogens (tertiary/aromatic N) is 3. The lowest BCUT2D eigenvalue weighted by Crippen LogP contribution is -2.47. The van der Waals surface area contributed by atoms with Gasteiger partial charge in [0.2, 0.25) is 5.91 Å². The van der Waals surface area contributed by atoms with Crippen LogP contribution in [-0.2, 0) is 22.7 Å². The molecule has 1 saturated carbocycles. The fourth-order valence-electron chi connectivity index (χ4n) is 3.16. The Bertz CT molecular complexity index is 847. The number of fused-ring (bicyclic) bond motifs is 1. The molecule has 7 nitrogen and oxygen atoms in total. The van der Waals surface area contributed by atoms with E-state index in [-0.39, 0.29) is 24.2 Å². The number of aliphatic carboxylic acids is 1. The average molecular weight is 331 g/mol. The predicted octanol–water partition coefficient (Wildman–Crippen LogP) is 1.29. The number of carbonyl (C=O) groups excluding carboxylic acids is 1. The van der Waals surface area contributed by atoms with E-state index in [2.05, 4.69) is 0 Å². The summed E-state index contributed by atoms with van der Waals surface area (Å²) in [5.41, 5.74) is 1.23. The fourth-order valence-corrected chi connectivity index (χ4v) is 3.16. The molecule has 1 aliphatic rings. The number of amides is 1. The van der Waals surface area contributed by atoms with Crippen LogP contribution in [0.4, 0.5) is 0 Å². The number of imidazole rings is 1. The van der Waals surface area contributed by atoms with Gasteiger partial charge < -0.3 is 10.0 Å². The van der Waals surface area contributed by atoms with Crippen LogP contribution in [0.5, 0.6) is 0 Å². The molecule has 1 heterocycles. The molecule has 1 unspecified atom stereocenters. The van der Waals surface area contributed by atoms with Crippen LogP contribution in [0.15, 0.2) is 29.1 Å². The summed E-state index contributed by atoms with van der Waals surface area (Å²) in [6, 6.07) is 6.40. The van der Waals surface area contributed by atoms with Gasteiger partial charge in [0.1, 0.15) is 12.6 Å². The highest BCUT2D eigenvalue weighted by Gasteiger charge is 2.38. The Morgan fingerprint density at radius 1 is 1.25 bits per heavy atom. The van der Waals surface area contributed by atoms with E-state index in [9.17, 15) is 19.5 Å². The van der Waals surface area contributed by atoms with Crippen molar-refractivity contribution in [2.45, 2.75) is 51.9 Å². The van der Waals surface area contributed by atoms with Gasteiger partial charge in [0.15, 0.2) is 0 Å². The molecular formula is C17H21N3O4. The quantitative estimate of drug-likeness (QED) is 0.864. The summed E-state index contributed by atoms with van der Waals surface area (Å²) in [4.78, 5) is 38.0. The van der Waals surface area contributed by atoms with Crippen LogP contribution in [0.2, 0.25) is 0 Å². The fraction of sp³-hybridized carbons (Fsp3) is 0.471. The minimum absolute atomic E-state index is 0.0289. The lowest BCUT2D eigenvalue weighted by molar-refractivity contribution is -0.150. The van der Waals surface area contributed by atoms with Crippen LogP contribution in [0.3, 0.4) is 0 Å². The van der Waals surface area contributed by atoms with Gasteiger partial charge in [-0.2, -0.15) is 0 Å². The number of aryl methyl sites for hydroxylation is 1. The Kier molecular flexibility index (Phi) is 4.17. The molecule has 24 heavy (non-hydrogen) atoms. The molecule has 128 valence electrons. The molecule has 1 fully saturated rings. The predicted molar refractivity (Wildman–Crippen MR) is 88.8 cm³/mol. The van der Waals surface area contributed by atoms with Crippen molar-refractivity contribution in [3.05, 3.63) is 34.7 Å². The van der Waals surface area contributed by atoms with Gasteiger partial charge in [-0.05, 0) is 38.8 Å². The number of rotatable bonds is 6. The Hall–Kier alpha value is -2.57. The molecule has 1 aliphatic carbocycles. The van der Waals surface area contributed by atoms with Crippen LogP contribution in [-0.4, -0.2) is 43.1 Å². The summed E-state index contributed by atoms with van der Waals surface area (Å²) >= 11 is 0. The number of carbonyl (C=O) groups is 2. The summed E-state index contributed by atoms with van der Waals surface area (Å²) in [5.74, 6) is -1.35. The van der Waals surface area contributed by atoms with E-state index in [0.717, 1.165) is 18.4 Å². The van der Waals surface area contributed by atoms with Gasteiger partial charge in [-0.15, -0.1) is 0 Å². The SMILES string of the molecule is CCn1c(=O)n(CC(=O)N(C2CC2)C(C)C(=O)O)c2ccccc21. The van der Waals surface area contributed by atoms with Crippen molar-refractivity contribution < 1.29 is 14.7 Å². The lowest BCUT2D eigenvalue weighted by atomic mass is 10.2. The van der Waals surface area contributed by atoms with Crippen molar-refractivity contribution in [2.24, 2.45) is 0 Å². The maximum atomic E-state index is 12.7. The van der Waals surface area contributed by atoms with Gasteiger partial charge in [-0.3, -0.25) is 13.9 Å². The molecule has 0 aliphatic heterocycles. The molecule has 0 spiro atoms. The molecule has 1 aromatic heterocycles. The largest absolute Gasteiger partial charge is 0.480 e. The van der Waals surface area contributed by atoms with Crippen LogP contribution < -0.4 is 5.69 Å². The van der Waals surface area contributed by atoms with Crippen LogP contribution >= 0.6 is 0 Å². The van der Waals surface area contributed by atoms with Crippen LogP contribution in [0.25, 0.3) is 11.0 Å². The van der Waals surface area contributed by atoms with E-state index >= 15 is 0 Å². The lowest BCUT2D eigenvalue weighted by Gasteiger charge is -2.26. The molecule has 0 radical (unpaired) electrons. The summed E-state index contributed by atoms with van der Waals surface area (Å²) in [6.07, 6.45) is 1.63. The number of aromatic nitrogens is 2. The maximum Gasteiger partial charge on any atom is 0.329 e. The summed E-state index contributed by atoms with van der Waals surface area (Å²) < 4.78 is 3.05. The molecule has 0 bridgehead atoms. The molecule has 0 saturated heterocycles. The number of carboxylic acids is 1. The minimum Gasteiger partial charge on any atom is -0.480 e. The third-order valence-corrected chi connectivity index (χ3v) is 4.54. The maximum absolute atomic E-state index is 12.7. The molecule has 1 amide bonds. The van der Waals surface area contributed by atoms with E-state index in [1.165, 1.54) is 16.4 Å². The topological polar surface area (TPSA) is 84.5 Å². The number of hydrogen-bond acceptors (Lipinski definition) is 3. The first-order valence-electron chi connectivity index (χ1n) is 8.17. The van der Waals surface area contributed by atoms with Gasteiger partial charge in [0.25, 0.3) is 0 Å². The second kappa shape index (κ2) is 6.14. The highest BCUT2D eigenvalue weighted by molar-refractivity contribution is 5.85. The summed E-state index contributed by atoms with van der Waals surface area (Å²) in [7, 11) is 0. The first-order chi connectivity index (χ1) is 11.5. The van der Waals surface area contributed by atoms with Crippen LogP contribution in [0.1, 0.15) is 26.7 Å². The number of para-hydroxylation sites is 2. The Labute approximate surface area is 139 Å². The molecular weight excluding hydrogens is 310 g/mol. The molecule has 3 rings (SSSR count). The van der Waals surface area contributed by atoms with Crippen molar-refractivity contribution in [3.8, 4) is 0 Å². The molecule has 2 aromatic rings. The van der Waals surface area contributed by atoms with Gasteiger partial charge in [0.05, 0.1) is 11.0 Å². The zero-order valence-corrected chi connectivity index (χ0v) is 13.8. The van der Waals surface area contributed by atoms with Gasteiger partial charge >= 0.3 is 11.7 Å². The smallest absolute Gasteiger partial charge is 0.329 e. The third kappa shape index (κ3) is 2.70. The van der Waals surface area contributed by atoms with Crippen molar-refractivity contribution >= 4 is 22.9 Å². The van der Waals surface area contributed by atoms with Gasteiger partial charge in [-0.1, -0.05) is 12.1 Å². The second-order valence-electron chi connectivity index (χ2n) is 6.15. The summed E-state index contributed by atoms with van der Waals surface area (Å²) in [5, 5.41) is 9.25. The van der Waals surface area contributed by atoms with Gasteiger partial charge in [-0.25, -0.2) is 9.59 Å². The first kappa shape index (κ1) is 16.3. The Morgan fingerprint density at radius 3 is 2.33 bits per heavy atom. The third-order valence-electron chi connectivity index (χ3n) is 4.54. The molecule has 1 aromatic carbocycles. The molecule has 1 N–H and O–H groups in total. The van der Waals surface area contributed by atoms with Crippen molar-refractivity contribution in [3.63, 3.8) is 0 Å². The minimum atomic E-state index is -1.03. The number of hydrogen-bond donors (Lipinski definition) is 1. The molecule has 7 heteroatoms. The zero-order chi connectivity index (χ0) is 17.4. The molecule has 1 atom stereocenters. The first-order valence-corrected chi connectivity index (χ1v) is 8.17. The summed E-state index contributed by atoms with van der Waals surface area (Å²) in [6.45, 7) is 3.76.